The average Bonchev–Trinajstić information content (AvgIpc) is 3.74. The monoisotopic (exact) mass is 564 g/mol. The number of hydrogen-bond acceptors (Lipinski definition) is 7. The Morgan fingerprint density at radius 3 is 2.57 bits per heavy atom. The molecule has 9 heteroatoms. The zero-order chi connectivity index (χ0) is 28.6. The summed E-state index contributed by atoms with van der Waals surface area (Å²) in [5.74, 6) is -0.0401. The van der Waals surface area contributed by atoms with E-state index in [-0.39, 0.29) is 22.7 Å². The number of rotatable bonds is 6. The van der Waals surface area contributed by atoms with E-state index in [9.17, 15) is 4.79 Å². The summed E-state index contributed by atoms with van der Waals surface area (Å²) in [4.78, 5) is 28.0. The molecule has 2 saturated heterocycles. The smallest absolute Gasteiger partial charge is 0.260 e. The van der Waals surface area contributed by atoms with Crippen molar-refractivity contribution >= 4 is 33.9 Å². The molecule has 1 unspecified atom stereocenters. The van der Waals surface area contributed by atoms with Crippen molar-refractivity contribution < 1.29 is 9.13 Å². The molecule has 4 heterocycles. The molecule has 3 aliphatic rings. The van der Waals surface area contributed by atoms with Gasteiger partial charge in [0.15, 0.2) is 0 Å². The highest BCUT2D eigenvalue weighted by Gasteiger charge is 2.25. The number of fused-ring (bicyclic) bond motifs is 1. The van der Waals surface area contributed by atoms with Gasteiger partial charge in [-0.2, -0.15) is 4.98 Å². The lowest BCUT2D eigenvalue weighted by Crippen LogP contribution is -2.44. The van der Waals surface area contributed by atoms with E-state index >= 15 is 4.39 Å². The summed E-state index contributed by atoms with van der Waals surface area (Å²) in [7, 11) is 2.15. The van der Waals surface area contributed by atoms with Crippen LogP contribution >= 0.6 is 0 Å². The molecule has 8 nitrogen and oxygen atoms in total. The number of likely N-dealkylation sites (N-methyl/N-ethyl adjacent to an activating group) is 1. The minimum atomic E-state index is -0.432. The van der Waals surface area contributed by atoms with Crippen LogP contribution in [0.25, 0.3) is 27.7 Å². The largest absolute Gasteiger partial charge is 0.379 e. The number of pyridine rings is 1. The van der Waals surface area contributed by atoms with E-state index in [2.05, 4.69) is 45.4 Å². The number of halogens is 1. The Morgan fingerprint density at radius 2 is 1.86 bits per heavy atom. The maximum atomic E-state index is 15.5. The Bertz CT molecular complexity index is 1750. The van der Waals surface area contributed by atoms with Gasteiger partial charge < -0.3 is 19.9 Å². The second kappa shape index (κ2) is 11.2. The molecule has 1 aliphatic carbocycles. The van der Waals surface area contributed by atoms with E-state index < -0.39 is 5.82 Å². The first-order chi connectivity index (χ1) is 20.5. The third-order valence-electron chi connectivity index (χ3n) is 8.40. The molecule has 7 rings (SSSR count). The lowest BCUT2D eigenvalue weighted by atomic mass is 10.00. The molecule has 1 atom stereocenters. The van der Waals surface area contributed by atoms with Crippen molar-refractivity contribution in [2.75, 3.05) is 56.7 Å². The molecule has 214 valence electrons. The molecule has 0 saturated carbocycles. The van der Waals surface area contributed by atoms with E-state index in [1.165, 1.54) is 11.8 Å². The number of ether oxygens (including phenoxy) is 1. The van der Waals surface area contributed by atoms with Crippen molar-refractivity contribution in [2.24, 2.45) is 0 Å². The molecule has 42 heavy (non-hydrogen) atoms. The first-order valence-electron chi connectivity index (χ1n) is 14.5. The number of nitrogens with one attached hydrogen (secondary N) is 1. The zero-order valence-corrected chi connectivity index (χ0v) is 23.6. The quantitative estimate of drug-likeness (QED) is 0.336. The van der Waals surface area contributed by atoms with Crippen LogP contribution in [-0.2, 0) is 4.74 Å². The number of aromatic nitrogens is 3. The molecule has 2 fully saturated rings. The highest BCUT2D eigenvalue weighted by atomic mass is 19.1. The minimum Gasteiger partial charge on any atom is -0.379 e. The number of hydrogen-bond donors (Lipinski definition) is 1. The molecule has 2 aromatic heterocycles. The third kappa shape index (κ3) is 5.10. The van der Waals surface area contributed by atoms with Crippen molar-refractivity contribution in [1.82, 2.24) is 19.4 Å². The zero-order valence-electron chi connectivity index (χ0n) is 23.6. The van der Waals surface area contributed by atoms with Gasteiger partial charge in [0.1, 0.15) is 11.5 Å². The standard InChI is InChI=1S/C33H33FN6O2/c1-38-13-15-39(16-14-38)26-9-7-25(8-10-26)36-33-35-20-24-18-29(32(41)40(31(24)37-33)27-12-17-42-21-27)28-11-6-23(19-30(28)34)22-4-2-3-5-22/h2,4-11,18-20,27H,3,12-17,21H2,1H3,(H,35,36,37). The highest BCUT2D eigenvalue weighted by Crippen LogP contribution is 2.30. The molecule has 2 aliphatic heterocycles. The second-order valence-electron chi connectivity index (χ2n) is 11.2. The third-order valence-corrected chi connectivity index (χ3v) is 8.40. The van der Waals surface area contributed by atoms with Gasteiger partial charge in [-0.3, -0.25) is 9.36 Å². The predicted molar refractivity (Wildman–Crippen MR) is 165 cm³/mol. The molecule has 1 N–H and O–H groups in total. The molecule has 0 amide bonds. The Balaban J connectivity index is 1.22. The van der Waals surface area contributed by atoms with Crippen molar-refractivity contribution in [2.45, 2.75) is 18.9 Å². The van der Waals surface area contributed by atoms with E-state index in [0.29, 0.717) is 36.6 Å². The van der Waals surface area contributed by atoms with Gasteiger partial charge in [0, 0.05) is 61.3 Å². The van der Waals surface area contributed by atoms with Crippen LogP contribution in [0.2, 0.25) is 0 Å². The maximum Gasteiger partial charge on any atom is 0.260 e. The molecule has 4 aromatic rings. The summed E-state index contributed by atoms with van der Waals surface area (Å²) in [5.41, 5.74) is 4.60. The van der Waals surface area contributed by atoms with Gasteiger partial charge in [0.05, 0.1) is 18.2 Å². The molecular weight excluding hydrogens is 531 g/mol. The Morgan fingerprint density at radius 1 is 1.02 bits per heavy atom. The van der Waals surface area contributed by atoms with E-state index in [0.717, 1.165) is 49.4 Å². The van der Waals surface area contributed by atoms with Crippen LogP contribution in [0, 0.1) is 5.82 Å². The van der Waals surface area contributed by atoms with Crippen LogP contribution in [0.15, 0.2) is 77.8 Å². The van der Waals surface area contributed by atoms with Gasteiger partial charge in [-0.05, 0) is 67.4 Å². The first-order valence-corrected chi connectivity index (χ1v) is 14.5. The summed E-state index contributed by atoms with van der Waals surface area (Å²) in [5, 5.41) is 3.96. The van der Waals surface area contributed by atoms with Gasteiger partial charge >= 0.3 is 0 Å². The normalized spacial score (nSPS) is 19.0. The average molecular weight is 565 g/mol. The second-order valence-corrected chi connectivity index (χ2v) is 11.2. The summed E-state index contributed by atoms with van der Waals surface area (Å²) in [6.45, 7) is 5.07. The Kier molecular flexibility index (Phi) is 7.05. The first kappa shape index (κ1) is 26.6. The van der Waals surface area contributed by atoms with Crippen molar-refractivity contribution in [3.8, 4) is 11.1 Å². The SMILES string of the molecule is CN1CCN(c2ccc(Nc3ncc4cc(-c5ccc(C6=CCC=C6)cc5F)c(=O)n(C5CCOC5)c4n3)cc2)CC1. The van der Waals surface area contributed by atoms with Gasteiger partial charge in [0.2, 0.25) is 5.95 Å². The number of benzene rings is 2. The number of allylic oxidation sites excluding steroid dienone is 4. The fourth-order valence-electron chi connectivity index (χ4n) is 5.97. The van der Waals surface area contributed by atoms with Gasteiger partial charge in [0.25, 0.3) is 5.56 Å². The van der Waals surface area contributed by atoms with E-state index in [1.54, 1.807) is 22.9 Å². The Labute approximate surface area is 243 Å². The number of piperazine rings is 1. The lowest BCUT2D eigenvalue weighted by molar-refractivity contribution is 0.186. The van der Waals surface area contributed by atoms with Gasteiger partial charge in [-0.25, -0.2) is 9.37 Å². The van der Waals surface area contributed by atoms with Crippen molar-refractivity contribution in [1.29, 1.82) is 0 Å². The predicted octanol–water partition coefficient (Wildman–Crippen LogP) is 5.40. The summed E-state index contributed by atoms with van der Waals surface area (Å²) < 4.78 is 22.8. The maximum absolute atomic E-state index is 15.5. The van der Waals surface area contributed by atoms with Gasteiger partial charge in [-0.15, -0.1) is 0 Å². The van der Waals surface area contributed by atoms with Crippen molar-refractivity contribution in [3.63, 3.8) is 0 Å². The number of anilines is 3. The molecular formula is C33H33FN6O2. The summed E-state index contributed by atoms with van der Waals surface area (Å²) >= 11 is 0. The van der Waals surface area contributed by atoms with Crippen molar-refractivity contribution in [3.05, 3.63) is 94.7 Å². The molecule has 0 spiro atoms. The topological polar surface area (TPSA) is 75.5 Å². The fourth-order valence-corrected chi connectivity index (χ4v) is 5.97. The van der Waals surface area contributed by atoms with E-state index in [4.69, 9.17) is 9.72 Å². The summed E-state index contributed by atoms with van der Waals surface area (Å²) in [6.07, 6.45) is 9.31. The van der Waals surface area contributed by atoms with Crippen LogP contribution in [0.5, 0.6) is 0 Å². The highest BCUT2D eigenvalue weighted by molar-refractivity contribution is 5.83. The molecule has 2 aromatic carbocycles. The lowest BCUT2D eigenvalue weighted by Gasteiger charge is -2.34. The molecule has 0 bridgehead atoms. The fraction of sp³-hybridized carbons (Fsp3) is 0.303. The van der Waals surface area contributed by atoms with E-state index in [1.807, 2.05) is 30.4 Å². The molecule has 0 radical (unpaired) electrons. The Hall–Kier alpha value is -4.34. The van der Waals surface area contributed by atoms with Crippen LogP contribution in [-0.4, -0.2) is 65.9 Å². The van der Waals surface area contributed by atoms with Crippen LogP contribution in [0.1, 0.15) is 24.4 Å². The van der Waals surface area contributed by atoms with Crippen LogP contribution < -0.4 is 15.8 Å². The summed E-state index contributed by atoms with van der Waals surface area (Å²) in [6, 6.07) is 14.8. The van der Waals surface area contributed by atoms with Crippen LogP contribution in [0.3, 0.4) is 0 Å². The minimum absolute atomic E-state index is 0.193. The van der Waals surface area contributed by atoms with Gasteiger partial charge in [-0.1, -0.05) is 30.4 Å². The van der Waals surface area contributed by atoms with Crippen LogP contribution in [0.4, 0.5) is 21.7 Å². The number of nitrogens with zero attached hydrogens (tertiary/aromatic N) is 5.